The number of imidazole rings is 1. The molecule has 3 aromatic carbocycles. The van der Waals surface area contributed by atoms with E-state index in [1.54, 1.807) is 0 Å². The van der Waals surface area contributed by atoms with Crippen LogP contribution in [0, 0.1) is 19.8 Å². The average molecular weight is 439 g/mol. The highest BCUT2D eigenvalue weighted by atomic mass is 16.1. The van der Waals surface area contributed by atoms with Crippen LogP contribution in [0.15, 0.2) is 72.8 Å². The Morgan fingerprint density at radius 2 is 1.58 bits per heavy atom. The lowest BCUT2D eigenvalue weighted by Gasteiger charge is -2.32. The van der Waals surface area contributed by atoms with Gasteiger partial charge in [0.1, 0.15) is 0 Å². The molecule has 5 heteroatoms. The molecule has 0 bridgehead atoms. The van der Waals surface area contributed by atoms with Crippen molar-refractivity contribution in [2.45, 2.75) is 33.2 Å². The second-order valence-electron chi connectivity index (χ2n) is 8.98. The molecule has 1 N–H and O–H groups in total. The van der Waals surface area contributed by atoms with Crippen LogP contribution in [0.3, 0.4) is 0 Å². The summed E-state index contributed by atoms with van der Waals surface area (Å²) in [5, 5.41) is 3.13. The van der Waals surface area contributed by atoms with Gasteiger partial charge in [-0.1, -0.05) is 54.6 Å². The number of fused-ring (bicyclic) bond motifs is 1. The number of hydrogen-bond acceptors (Lipinski definition) is 3. The van der Waals surface area contributed by atoms with Gasteiger partial charge in [0, 0.05) is 24.7 Å². The number of carbonyl (C=O) groups is 1. The lowest BCUT2D eigenvalue weighted by Crippen LogP contribution is -2.39. The highest BCUT2D eigenvalue weighted by Gasteiger charge is 2.28. The van der Waals surface area contributed by atoms with Crippen molar-refractivity contribution in [3.8, 4) is 0 Å². The predicted octanol–water partition coefficient (Wildman–Crippen LogP) is 5.56. The lowest BCUT2D eigenvalue weighted by molar-refractivity contribution is -0.120. The zero-order valence-corrected chi connectivity index (χ0v) is 19.3. The molecule has 0 spiro atoms. The van der Waals surface area contributed by atoms with Gasteiger partial charge in [-0.15, -0.1) is 0 Å². The Morgan fingerprint density at radius 3 is 2.33 bits per heavy atom. The van der Waals surface area contributed by atoms with Gasteiger partial charge in [0.25, 0.3) is 0 Å². The summed E-state index contributed by atoms with van der Waals surface area (Å²) in [5.74, 6) is 1.14. The van der Waals surface area contributed by atoms with E-state index in [-0.39, 0.29) is 11.8 Å². The fourth-order valence-corrected chi connectivity index (χ4v) is 4.71. The summed E-state index contributed by atoms with van der Waals surface area (Å²) in [6.07, 6.45) is 1.65. The summed E-state index contributed by atoms with van der Waals surface area (Å²) >= 11 is 0. The molecule has 2 heterocycles. The van der Waals surface area contributed by atoms with Crippen molar-refractivity contribution < 1.29 is 4.79 Å². The van der Waals surface area contributed by atoms with Gasteiger partial charge < -0.3 is 14.8 Å². The fourth-order valence-electron chi connectivity index (χ4n) is 4.71. The van der Waals surface area contributed by atoms with E-state index in [1.165, 1.54) is 11.1 Å². The molecule has 33 heavy (non-hydrogen) atoms. The Bertz CT molecular complexity index is 1280. The van der Waals surface area contributed by atoms with Crippen molar-refractivity contribution in [3.63, 3.8) is 0 Å². The number of benzene rings is 3. The molecule has 0 radical (unpaired) electrons. The third kappa shape index (κ3) is 4.36. The molecule has 168 valence electrons. The van der Waals surface area contributed by atoms with Gasteiger partial charge >= 0.3 is 0 Å². The Kier molecular flexibility index (Phi) is 5.86. The molecule has 1 saturated heterocycles. The standard InChI is InChI=1S/C28H30N4O/c1-20-9-3-5-11-23(20)19-32-26-14-8-7-13-25(26)30-28(32)31-17-15-22(16-18-31)27(33)29-24-12-6-4-10-21(24)2/h3-14,22H,15-19H2,1-2H3,(H,29,33). The minimum absolute atomic E-state index is 0.0232. The van der Waals surface area contributed by atoms with E-state index in [4.69, 9.17) is 4.98 Å². The Balaban J connectivity index is 1.35. The Morgan fingerprint density at radius 1 is 0.909 bits per heavy atom. The second-order valence-corrected chi connectivity index (χ2v) is 8.98. The number of amides is 1. The molecular formula is C28H30N4O. The first-order valence-electron chi connectivity index (χ1n) is 11.7. The van der Waals surface area contributed by atoms with Gasteiger partial charge in [0.05, 0.1) is 17.6 Å². The number of piperidine rings is 1. The van der Waals surface area contributed by atoms with Crippen molar-refractivity contribution in [1.82, 2.24) is 9.55 Å². The van der Waals surface area contributed by atoms with Crippen molar-refractivity contribution in [2.24, 2.45) is 5.92 Å². The number of carbonyl (C=O) groups excluding carboxylic acids is 1. The average Bonchev–Trinajstić information content (AvgIpc) is 3.20. The first-order chi connectivity index (χ1) is 16.1. The zero-order chi connectivity index (χ0) is 22.8. The highest BCUT2D eigenvalue weighted by Crippen LogP contribution is 2.29. The SMILES string of the molecule is Cc1ccccc1Cn1c(N2CCC(C(=O)Nc3ccccc3C)CC2)nc2ccccc21. The van der Waals surface area contributed by atoms with Crippen LogP contribution in [0.25, 0.3) is 11.0 Å². The molecule has 0 saturated carbocycles. The Labute approximate surface area is 195 Å². The van der Waals surface area contributed by atoms with E-state index in [9.17, 15) is 4.79 Å². The van der Waals surface area contributed by atoms with Crippen LogP contribution in [-0.4, -0.2) is 28.5 Å². The van der Waals surface area contributed by atoms with Crippen LogP contribution in [0.4, 0.5) is 11.6 Å². The van der Waals surface area contributed by atoms with E-state index in [1.807, 2.05) is 37.3 Å². The van der Waals surface area contributed by atoms with Crippen LogP contribution in [0.2, 0.25) is 0 Å². The van der Waals surface area contributed by atoms with E-state index >= 15 is 0 Å². The van der Waals surface area contributed by atoms with Gasteiger partial charge in [-0.3, -0.25) is 4.79 Å². The maximum atomic E-state index is 12.9. The molecule has 1 aromatic heterocycles. The smallest absolute Gasteiger partial charge is 0.227 e. The molecule has 5 nitrogen and oxygen atoms in total. The summed E-state index contributed by atoms with van der Waals surface area (Å²) in [5.41, 5.74) is 6.75. The number of para-hydroxylation sites is 3. The summed E-state index contributed by atoms with van der Waals surface area (Å²) < 4.78 is 2.32. The van der Waals surface area contributed by atoms with Crippen molar-refractivity contribution >= 4 is 28.6 Å². The topological polar surface area (TPSA) is 50.2 Å². The largest absolute Gasteiger partial charge is 0.342 e. The van der Waals surface area contributed by atoms with Crippen LogP contribution in [0.1, 0.15) is 29.5 Å². The van der Waals surface area contributed by atoms with Crippen LogP contribution in [-0.2, 0) is 11.3 Å². The highest BCUT2D eigenvalue weighted by molar-refractivity contribution is 5.93. The van der Waals surface area contributed by atoms with Crippen LogP contribution >= 0.6 is 0 Å². The monoisotopic (exact) mass is 438 g/mol. The van der Waals surface area contributed by atoms with Gasteiger partial charge in [0.15, 0.2) is 0 Å². The minimum atomic E-state index is 0.0232. The number of rotatable bonds is 5. The second kappa shape index (κ2) is 9.10. The fraction of sp³-hybridized carbons (Fsp3) is 0.286. The summed E-state index contributed by atoms with van der Waals surface area (Å²) in [6.45, 7) is 6.62. The normalized spacial score (nSPS) is 14.5. The molecule has 1 aliphatic rings. The molecule has 1 amide bonds. The van der Waals surface area contributed by atoms with E-state index < -0.39 is 0 Å². The molecule has 0 unspecified atom stereocenters. The third-order valence-corrected chi connectivity index (χ3v) is 6.78. The third-order valence-electron chi connectivity index (χ3n) is 6.78. The molecule has 0 aliphatic carbocycles. The summed E-state index contributed by atoms with van der Waals surface area (Å²) in [6, 6.07) is 24.8. The number of aryl methyl sites for hydroxylation is 2. The molecule has 4 aromatic rings. The number of nitrogens with one attached hydrogen (secondary N) is 1. The van der Waals surface area contributed by atoms with Gasteiger partial charge in [-0.25, -0.2) is 4.98 Å². The number of aromatic nitrogens is 2. The first kappa shape index (κ1) is 21.3. The van der Waals surface area contributed by atoms with Gasteiger partial charge in [-0.2, -0.15) is 0 Å². The lowest BCUT2D eigenvalue weighted by atomic mass is 9.96. The van der Waals surface area contributed by atoms with Crippen LogP contribution < -0.4 is 10.2 Å². The summed E-state index contributed by atoms with van der Waals surface area (Å²) in [4.78, 5) is 20.2. The molecule has 1 fully saturated rings. The first-order valence-corrected chi connectivity index (χ1v) is 11.7. The molecule has 5 rings (SSSR count). The minimum Gasteiger partial charge on any atom is -0.342 e. The maximum Gasteiger partial charge on any atom is 0.227 e. The van der Waals surface area contributed by atoms with Crippen molar-refractivity contribution in [1.29, 1.82) is 0 Å². The summed E-state index contributed by atoms with van der Waals surface area (Å²) in [7, 11) is 0. The van der Waals surface area contributed by atoms with Crippen molar-refractivity contribution in [3.05, 3.63) is 89.5 Å². The predicted molar refractivity (Wildman–Crippen MR) is 135 cm³/mol. The number of anilines is 2. The van der Waals surface area contributed by atoms with Crippen molar-refractivity contribution in [2.75, 3.05) is 23.3 Å². The Hall–Kier alpha value is -3.60. The van der Waals surface area contributed by atoms with Gasteiger partial charge in [0.2, 0.25) is 11.9 Å². The zero-order valence-electron chi connectivity index (χ0n) is 19.3. The van der Waals surface area contributed by atoms with E-state index in [0.29, 0.717) is 0 Å². The maximum absolute atomic E-state index is 12.9. The quantitative estimate of drug-likeness (QED) is 0.444. The number of nitrogens with zero attached hydrogens (tertiary/aromatic N) is 3. The van der Waals surface area contributed by atoms with Gasteiger partial charge in [-0.05, 0) is 61.6 Å². The number of hydrogen-bond donors (Lipinski definition) is 1. The van der Waals surface area contributed by atoms with Crippen LogP contribution in [0.5, 0.6) is 0 Å². The molecular weight excluding hydrogens is 408 g/mol. The molecule has 0 atom stereocenters. The van der Waals surface area contributed by atoms with E-state index in [0.717, 1.165) is 60.7 Å². The molecule has 1 aliphatic heterocycles. The van der Waals surface area contributed by atoms with E-state index in [2.05, 4.69) is 64.2 Å².